The first-order valence-corrected chi connectivity index (χ1v) is 9.72. The topological polar surface area (TPSA) is 99.0 Å². The first kappa shape index (κ1) is 19.7. The average Bonchev–Trinajstić information content (AvgIpc) is 3.33. The maximum Gasteiger partial charge on any atom is 0.330 e. The molecule has 2 heterocycles. The van der Waals surface area contributed by atoms with E-state index in [1.807, 2.05) is 41.8 Å². The van der Waals surface area contributed by atoms with Crippen molar-refractivity contribution < 1.29 is 14.3 Å². The second-order valence-electron chi connectivity index (χ2n) is 6.52. The summed E-state index contributed by atoms with van der Waals surface area (Å²) in [5.74, 6) is -0.168. The molecule has 0 saturated heterocycles. The number of nitrogens with one attached hydrogen (secondary N) is 1. The number of carbonyl (C=O) groups is 2. The molecule has 3 rings (SSSR count). The lowest BCUT2D eigenvalue weighted by Crippen LogP contribution is -2.31. The van der Waals surface area contributed by atoms with Gasteiger partial charge in [-0.2, -0.15) is 4.80 Å². The normalized spacial score (nSPS) is 12.0. The maximum atomic E-state index is 12.2. The summed E-state index contributed by atoms with van der Waals surface area (Å²) in [6, 6.07) is 11.3. The summed E-state index contributed by atoms with van der Waals surface area (Å²) >= 11 is 1.48. The minimum absolute atomic E-state index is 0.223. The van der Waals surface area contributed by atoms with Crippen LogP contribution in [0.25, 0.3) is 10.7 Å². The van der Waals surface area contributed by atoms with E-state index in [2.05, 4.69) is 34.6 Å². The Bertz CT molecular complexity index is 935. The molecule has 9 heteroatoms. The third-order valence-corrected chi connectivity index (χ3v) is 4.85. The molecular weight excluding hydrogens is 378 g/mol. The smallest absolute Gasteiger partial charge is 0.330 e. The lowest BCUT2D eigenvalue weighted by atomic mass is 10.0. The highest BCUT2D eigenvalue weighted by atomic mass is 32.1. The van der Waals surface area contributed by atoms with Crippen LogP contribution in [0.5, 0.6) is 0 Å². The van der Waals surface area contributed by atoms with Crippen LogP contribution in [0.3, 0.4) is 0 Å². The largest absolute Gasteiger partial charge is 0.451 e. The average molecular weight is 399 g/mol. The van der Waals surface area contributed by atoms with Crippen LogP contribution in [-0.2, 0) is 20.9 Å². The van der Waals surface area contributed by atoms with E-state index in [0.717, 1.165) is 9.67 Å². The summed E-state index contributed by atoms with van der Waals surface area (Å²) in [4.78, 5) is 26.3. The van der Waals surface area contributed by atoms with E-state index in [-0.39, 0.29) is 6.54 Å². The lowest BCUT2D eigenvalue weighted by Gasteiger charge is -2.14. The van der Waals surface area contributed by atoms with Gasteiger partial charge in [-0.25, -0.2) is 4.79 Å². The van der Waals surface area contributed by atoms with E-state index in [1.54, 1.807) is 0 Å². The number of anilines is 1. The number of benzene rings is 1. The van der Waals surface area contributed by atoms with E-state index >= 15 is 0 Å². The van der Waals surface area contributed by atoms with Crippen LogP contribution in [-0.4, -0.2) is 38.2 Å². The van der Waals surface area contributed by atoms with Crippen LogP contribution < -0.4 is 5.32 Å². The molecule has 1 amide bonds. The fourth-order valence-electron chi connectivity index (χ4n) is 2.41. The van der Waals surface area contributed by atoms with E-state index in [0.29, 0.717) is 17.4 Å². The van der Waals surface area contributed by atoms with Gasteiger partial charge in [0.05, 0.1) is 4.88 Å². The molecule has 0 radical (unpaired) electrons. The van der Waals surface area contributed by atoms with Gasteiger partial charge in [-0.05, 0) is 47.2 Å². The third kappa shape index (κ3) is 5.01. The summed E-state index contributed by atoms with van der Waals surface area (Å²) in [7, 11) is 0. The molecule has 0 saturated carbocycles. The highest BCUT2D eigenvalue weighted by Crippen LogP contribution is 2.19. The zero-order valence-corrected chi connectivity index (χ0v) is 16.6. The molecule has 0 aliphatic carbocycles. The number of hydrogen-bond acceptors (Lipinski definition) is 7. The van der Waals surface area contributed by atoms with E-state index in [1.165, 1.54) is 23.8 Å². The fourth-order valence-corrected chi connectivity index (χ4v) is 3.06. The van der Waals surface area contributed by atoms with E-state index in [9.17, 15) is 9.59 Å². The Hall–Kier alpha value is -3.07. The Labute approximate surface area is 166 Å². The summed E-state index contributed by atoms with van der Waals surface area (Å²) in [5.41, 5.74) is 1.83. The van der Waals surface area contributed by atoms with Crippen molar-refractivity contribution in [2.24, 2.45) is 0 Å². The van der Waals surface area contributed by atoms with Gasteiger partial charge >= 0.3 is 5.97 Å². The van der Waals surface area contributed by atoms with Crippen LogP contribution >= 0.6 is 11.3 Å². The van der Waals surface area contributed by atoms with E-state index in [4.69, 9.17) is 4.74 Å². The van der Waals surface area contributed by atoms with Crippen molar-refractivity contribution >= 4 is 28.9 Å². The van der Waals surface area contributed by atoms with Crippen molar-refractivity contribution in [2.45, 2.75) is 39.3 Å². The summed E-state index contributed by atoms with van der Waals surface area (Å²) < 4.78 is 5.17. The van der Waals surface area contributed by atoms with Crippen molar-refractivity contribution in [1.82, 2.24) is 20.2 Å². The van der Waals surface area contributed by atoms with Gasteiger partial charge in [0.15, 0.2) is 12.6 Å². The molecule has 1 aromatic carbocycles. The van der Waals surface area contributed by atoms with Gasteiger partial charge in [-0.3, -0.25) is 4.79 Å². The van der Waals surface area contributed by atoms with Crippen LogP contribution in [0, 0.1) is 0 Å². The first-order chi connectivity index (χ1) is 13.4. The molecule has 8 nitrogen and oxygen atoms in total. The van der Waals surface area contributed by atoms with Gasteiger partial charge in [0, 0.05) is 5.69 Å². The number of thiophene rings is 1. The monoisotopic (exact) mass is 399 g/mol. The molecular formula is C19H21N5O3S. The van der Waals surface area contributed by atoms with Crippen LogP contribution in [0.1, 0.15) is 32.3 Å². The third-order valence-electron chi connectivity index (χ3n) is 3.99. The minimum Gasteiger partial charge on any atom is -0.451 e. The fraction of sp³-hybridized carbons (Fsp3) is 0.316. The highest BCUT2D eigenvalue weighted by Gasteiger charge is 2.19. The number of tetrazole rings is 1. The second-order valence-corrected chi connectivity index (χ2v) is 7.47. The van der Waals surface area contributed by atoms with Gasteiger partial charge in [-0.1, -0.05) is 32.0 Å². The maximum absolute atomic E-state index is 12.2. The first-order valence-electron chi connectivity index (χ1n) is 8.84. The highest BCUT2D eigenvalue weighted by molar-refractivity contribution is 7.13. The number of nitrogens with zero attached hydrogens (tertiary/aromatic N) is 4. The SMILES string of the molecule is CC(C)c1ccc(NC(=O)[C@@H](C)OC(=O)Cn2nnc(-c3cccs3)n2)cc1. The van der Waals surface area contributed by atoms with Gasteiger partial charge in [0.2, 0.25) is 5.82 Å². The Morgan fingerprint density at radius 3 is 2.57 bits per heavy atom. The van der Waals surface area contributed by atoms with Crippen molar-refractivity contribution in [2.75, 3.05) is 5.32 Å². The number of hydrogen-bond donors (Lipinski definition) is 1. The Morgan fingerprint density at radius 2 is 1.93 bits per heavy atom. The molecule has 1 atom stereocenters. The number of esters is 1. The molecule has 1 N–H and O–H groups in total. The number of carbonyl (C=O) groups excluding carboxylic acids is 2. The number of aromatic nitrogens is 4. The molecule has 0 aliphatic heterocycles. The quantitative estimate of drug-likeness (QED) is 0.613. The van der Waals surface area contributed by atoms with Crippen LogP contribution in [0.4, 0.5) is 5.69 Å². The zero-order chi connectivity index (χ0) is 20.1. The summed E-state index contributed by atoms with van der Waals surface area (Å²) in [5, 5.41) is 16.5. The standard InChI is InChI=1S/C19H21N5O3S/c1-12(2)14-6-8-15(9-7-14)20-19(26)13(3)27-17(25)11-24-22-18(21-23-24)16-5-4-10-28-16/h4-10,12-13H,11H2,1-3H3,(H,20,26)/t13-/m1/s1. The van der Waals surface area contributed by atoms with Gasteiger partial charge in [0.25, 0.3) is 5.91 Å². The lowest BCUT2D eigenvalue weighted by molar-refractivity contribution is -0.154. The number of amides is 1. The molecule has 0 bridgehead atoms. The van der Waals surface area contributed by atoms with Crippen molar-refractivity contribution in [3.8, 4) is 10.7 Å². The molecule has 0 aliphatic rings. The van der Waals surface area contributed by atoms with Crippen molar-refractivity contribution in [1.29, 1.82) is 0 Å². The van der Waals surface area contributed by atoms with Gasteiger partial charge in [0.1, 0.15) is 0 Å². The van der Waals surface area contributed by atoms with Crippen LogP contribution in [0.15, 0.2) is 41.8 Å². The molecule has 2 aromatic heterocycles. The van der Waals surface area contributed by atoms with Crippen LogP contribution in [0.2, 0.25) is 0 Å². The Kier molecular flexibility index (Phi) is 6.15. The molecule has 3 aromatic rings. The molecule has 28 heavy (non-hydrogen) atoms. The minimum atomic E-state index is -0.947. The summed E-state index contributed by atoms with van der Waals surface area (Å²) in [6.07, 6.45) is -0.947. The van der Waals surface area contributed by atoms with Crippen molar-refractivity contribution in [3.05, 3.63) is 47.3 Å². The molecule has 146 valence electrons. The van der Waals surface area contributed by atoms with E-state index < -0.39 is 18.0 Å². The number of rotatable bonds is 7. The van der Waals surface area contributed by atoms with Crippen molar-refractivity contribution in [3.63, 3.8) is 0 Å². The Morgan fingerprint density at radius 1 is 1.18 bits per heavy atom. The van der Waals surface area contributed by atoms with Gasteiger partial charge < -0.3 is 10.1 Å². The molecule has 0 fully saturated rings. The predicted octanol–water partition coefficient (Wildman–Crippen LogP) is 3.10. The second kappa shape index (κ2) is 8.75. The predicted molar refractivity (Wildman–Crippen MR) is 106 cm³/mol. The zero-order valence-electron chi connectivity index (χ0n) is 15.8. The number of ether oxygens (including phenoxy) is 1. The Balaban J connectivity index is 1.51. The summed E-state index contributed by atoms with van der Waals surface area (Å²) in [6.45, 7) is 5.49. The molecule has 0 unspecified atom stereocenters. The van der Waals surface area contributed by atoms with Gasteiger partial charge in [-0.15, -0.1) is 21.5 Å². The molecule has 0 spiro atoms.